The quantitative estimate of drug-likeness (QED) is 0.850. The van der Waals surface area contributed by atoms with E-state index in [1.54, 1.807) is 0 Å². The molecular formula is C13H20N2O. The number of aryl methyl sites for hydroxylation is 1. The van der Waals surface area contributed by atoms with Crippen LogP contribution < -0.4 is 5.32 Å². The summed E-state index contributed by atoms with van der Waals surface area (Å²) in [7, 11) is 0. The molecule has 1 aliphatic rings. The van der Waals surface area contributed by atoms with E-state index in [9.17, 15) is 0 Å². The lowest BCUT2D eigenvalue weighted by molar-refractivity contribution is 0.0300. The van der Waals surface area contributed by atoms with E-state index in [2.05, 4.69) is 30.2 Å². The number of pyridine rings is 1. The maximum absolute atomic E-state index is 5.39. The van der Waals surface area contributed by atoms with E-state index in [0.29, 0.717) is 5.41 Å². The van der Waals surface area contributed by atoms with Gasteiger partial charge in [-0.3, -0.25) is 0 Å². The summed E-state index contributed by atoms with van der Waals surface area (Å²) in [5.74, 6) is 0.971. The van der Waals surface area contributed by atoms with Crippen LogP contribution in [0.15, 0.2) is 18.3 Å². The topological polar surface area (TPSA) is 34.1 Å². The molecule has 1 aromatic heterocycles. The fourth-order valence-corrected chi connectivity index (χ4v) is 1.92. The number of nitrogens with one attached hydrogen (secondary N) is 1. The van der Waals surface area contributed by atoms with Crippen LogP contribution in [0.25, 0.3) is 0 Å². The van der Waals surface area contributed by atoms with Crippen molar-refractivity contribution in [3.05, 3.63) is 23.9 Å². The van der Waals surface area contributed by atoms with Crippen molar-refractivity contribution in [2.24, 2.45) is 5.41 Å². The number of hydrogen-bond acceptors (Lipinski definition) is 3. The third-order valence-electron chi connectivity index (χ3n) is 3.31. The van der Waals surface area contributed by atoms with Gasteiger partial charge in [0.25, 0.3) is 0 Å². The highest BCUT2D eigenvalue weighted by Crippen LogP contribution is 2.29. The van der Waals surface area contributed by atoms with Gasteiger partial charge in [-0.15, -0.1) is 0 Å². The molecule has 0 unspecified atom stereocenters. The van der Waals surface area contributed by atoms with Gasteiger partial charge in [0.15, 0.2) is 0 Å². The number of nitrogens with zero attached hydrogens (tertiary/aromatic N) is 1. The molecule has 0 aromatic carbocycles. The molecule has 0 aliphatic carbocycles. The Morgan fingerprint density at radius 3 is 2.75 bits per heavy atom. The Morgan fingerprint density at radius 1 is 1.38 bits per heavy atom. The van der Waals surface area contributed by atoms with E-state index < -0.39 is 0 Å². The van der Waals surface area contributed by atoms with Crippen LogP contribution in [0, 0.1) is 12.3 Å². The van der Waals surface area contributed by atoms with Crippen LogP contribution in [0.2, 0.25) is 0 Å². The van der Waals surface area contributed by atoms with Gasteiger partial charge < -0.3 is 10.1 Å². The second kappa shape index (κ2) is 4.83. The first-order valence-electron chi connectivity index (χ1n) is 5.92. The molecule has 0 radical (unpaired) electrons. The van der Waals surface area contributed by atoms with Crippen molar-refractivity contribution in [2.45, 2.75) is 26.7 Å². The summed E-state index contributed by atoms with van der Waals surface area (Å²) in [6.07, 6.45) is 4.16. The van der Waals surface area contributed by atoms with Gasteiger partial charge in [0.1, 0.15) is 5.82 Å². The molecule has 16 heavy (non-hydrogen) atoms. The maximum Gasteiger partial charge on any atom is 0.125 e. The lowest BCUT2D eigenvalue weighted by Gasteiger charge is -2.33. The summed E-state index contributed by atoms with van der Waals surface area (Å²) in [5.41, 5.74) is 1.55. The normalized spacial score (nSPS) is 19.4. The summed E-state index contributed by atoms with van der Waals surface area (Å²) in [5, 5.41) is 3.42. The Bertz CT molecular complexity index is 328. The molecule has 0 bridgehead atoms. The Hall–Kier alpha value is -1.09. The minimum absolute atomic E-state index is 0.352. The van der Waals surface area contributed by atoms with E-state index in [1.807, 2.05) is 12.3 Å². The van der Waals surface area contributed by atoms with Crippen LogP contribution in [0.4, 0.5) is 5.82 Å². The number of anilines is 1. The Balaban J connectivity index is 1.88. The van der Waals surface area contributed by atoms with Crippen LogP contribution in [0.1, 0.15) is 25.3 Å². The fraction of sp³-hybridized carbons (Fsp3) is 0.615. The first-order chi connectivity index (χ1) is 7.68. The summed E-state index contributed by atoms with van der Waals surface area (Å²) >= 11 is 0. The molecule has 3 nitrogen and oxygen atoms in total. The van der Waals surface area contributed by atoms with Crippen molar-refractivity contribution < 1.29 is 4.74 Å². The lowest BCUT2D eigenvalue weighted by atomic mass is 9.82. The van der Waals surface area contributed by atoms with E-state index in [4.69, 9.17) is 4.74 Å². The van der Waals surface area contributed by atoms with Crippen LogP contribution >= 0.6 is 0 Å². The smallest absolute Gasteiger partial charge is 0.125 e. The number of ether oxygens (including phenoxy) is 1. The van der Waals surface area contributed by atoms with E-state index in [1.165, 1.54) is 5.56 Å². The van der Waals surface area contributed by atoms with Crippen molar-refractivity contribution in [2.75, 3.05) is 25.1 Å². The van der Waals surface area contributed by atoms with E-state index in [-0.39, 0.29) is 0 Å². The maximum atomic E-state index is 5.39. The molecule has 1 saturated heterocycles. The standard InChI is InChI=1S/C13H20N2O/c1-11-3-4-12(14-9-11)15-10-13(2)5-7-16-8-6-13/h3-4,9H,5-8,10H2,1-2H3,(H,14,15). The second-order valence-corrected chi connectivity index (χ2v) is 5.00. The molecule has 3 heteroatoms. The first-order valence-corrected chi connectivity index (χ1v) is 5.92. The van der Waals surface area contributed by atoms with Crippen molar-refractivity contribution in [1.29, 1.82) is 0 Å². The molecule has 1 aromatic rings. The van der Waals surface area contributed by atoms with Crippen LogP contribution in [-0.4, -0.2) is 24.7 Å². The molecule has 0 amide bonds. The number of rotatable bonds is 3. The Kier molecular flexibility index (Phi) is 3.44. The van der Waals surface area contributed by atoms with Crippen molar-refractivity contribution in [3.8, 4) is 0 Å². The third kappa shape index (κ3) is 2.95. The predicted molar refractivity (Wildman–Crippen MR) is 65.6 cm³/mol. The molecule has 1 N–H and O–H groups in total. The van der Waals surface area contributed by atoms with Gasteiger partial charge in [0, 0.05) is 26.0 Å². The van der Waals surface area contributed by atoms with Gasteiger partial charge in [-0.25, -0.2) is 4.98 Å². The largest absolute Gasteiger partial charge is 0.381 e. The molecular weight excluding hydrogens is 200 g/mol. The van der Waals surface area contributed by atoms with Gasteiger partial charge in [-0.2, -0.15) is 0 Å². The molecule has 88 valence electrons. The summed E-state index contributed by atoms with van der Waals surface area (Å²) < 4.78 is 5.39. The van der Waals surface area contributed by atoms with Crippen molar-refractivity contribution >= 4 is 5.82 Å². The molecule has 0 spiro atoms. The van der Waals surface area contributed by atoms with E-state index >= 15 is 0 Å². The SMILES string of the molecule is Cc1ccc(NCC2(C)CCOCC2)nc1. The van der Waals surface area contributed by atoms with E-state index in [0.717, 1.165) is 38.4 Å². The highest BCUT2D eigenvalue weighted by Gasteiger charge is 2.26. The molecule has 2 rings (SSSR count). The minimum atomic E-state index is 0.352. The highest BCUT2D eigenvalue weighted by molar-refractivity contribution is 5.35. The Morgan fingerprint density at radius 2 is 2.12 bits per heavy atom. The summed E-state index contributed by atoms with van der Waals surface area (Å²) in [4.78, 5) is 4.35. The summed E-state index contributed by atoms with van der Waals surface area (Å²) in [6.45, 7) is 7.12. The molecule has 0 atom stereocenters. The Labute approximate surface area is 97.2 Å². The summed E-state index contributed by atoms with van der Waals surface area (Å²) in [6, 6.07) is 4.12. The minimum Gasteiger partial charge on any atom is -0.381 e. The van der Waals surface area contributed by atoms with Gasteiger partial charge in [0.2, 0.25) is 0 Å². The fourth-order valence-electron chi connectivity index (χ4n) is 1.92. The molecule has 1 fully saturated rings. The number of hydrogen-bond donors (Lipinski definition) is 1. The highest BCUT2D eigenvalue weighted by atomic mass is 16.5. The van der Waals surface area contributed by atoms with Gasteiger partial charge in [-0.1, -0.05) is 13.0 Å². The zero-order valence-electron chi connectivity index (χ0n) is 10.1. The predicted octanol–water partition coefficient (Wildman–Crippen LogP) is 2.62. The zero-order chi connectivity index (χ0) is 11.4. The van der Waals surface area contributed by atoms with Gasteiger partial charge >= 0.3 is 0 Å². The first kappa shape index (κ1) is 11.4. The molecule has 1 aliphatic heterocycles. The number of aromatic nitrogens is 1. The molecule has 0 saturated carbocycles. The zero-order valence-corrected chi connectivity index (χ0v) is 10.1. The van der Waals surface area contributed by atoms with Crippen molar-refractivity contribution in [1.82, 2.24) is 4.98 Å². The average molecular weight is 220 g/mol. The third-order valence-corrected chi connectivity index (χ3v) is 3.31. The van der Waals surface area contributed by atoms with Crippen LogP contribution in [-0.2, 0) is 4.74 Å². The van der Waals surface area contributed by atoms with Crippen LogP contribution in [0.3, 0.4) is 0 Å². The monoisotopic (exact) mass is 220 g/mol. The van der Waals surface area contributed by atoms with Gasteiger partial charge in [0.05, 0.1) is 0 Å². The molecule has 2 heterocycles. The van der Waals surface area contributed by atoms with Crippen LogP contribution in [0.5, 0.6) is 0 Å². The van der Waals surface area contributed by atoms with Crippen molar-refractivity contribution in [3.63, 3.8) is 0 Å². The van der Waals surface area contributed by atoms with Gasteiger partial charge in [-0.05, 0) is 36.8 Å². The average Bonchev–Trinajstić information content (AvgIpc) is 2.29. The lowest BCUT2D eigenvalue weighted by Crippen LogP contribution is -2.33. The second-order valence-electron chi connectivity index (χ2n) is 5.00.